The highest BCUT2D eigenvalue weighted by Gasteiger charge is 2.36. The molecule has 2 fully saturated rings. The Morgan fingerprint density at radius 2 is 1.77 bits per heavy atom. The summed E-state index contributed by atoms with van der Waals surface area (Å²) in [7, 11) is 0. The zero-order valence-electron chi connectivity index (χ0n) is 14.7. The smallest absolute Gasteiger partial charge is 0.368 e. The largest absolute Gasteiger partial charge is 0.418 e. The van der Waals surface area contributed by atoms with Gasteiger partial charge in [0, 0.05) is 37.9 Å². The molecule has 0 bridgehead atoms. The molecule has 5 nitrogen and oxygen atoms in total. The number of aliphatic imine (C=N–C) groups is 1. The Kier molecular flexibility index (Phi) is 6.03. The van der Waals surface area contributed by atoms with Crippen LogP contribution in [0, 0.1) is 0 Å². The van der Waals surface area contributed by atoms with Crippen molar-refractivity contribution in [2.75, 3.05) is 31.1 Å². The van der Waals surface area contributed by atoms with Crippen molar-refractivity contribution in [2.24, 2.45) is 4.99 Å². The van der Waals surface area contributed by atoms with Crippen LogP contribution < -0.4 is 10.4 Å². The van der Waals surface area contributed by atoms with Crippen molar-refractivity contribution >= 4 is 17.7 Å². The molecule has 0 unspecified atom stereocenters. The summed E-state index contributed by atoms with van der Waals surface area (Å²) in [4.78, 5) is 8.00. The average molecular weight is 370 g/mol. The topological polar surface area (TPSA) is 51.1 Å². The van der Waals surface area contributed by atoms with Gasteiger partial charge in [0.25, 0.3) is 0 Å². The van der Waals surface area contributed by atoms with Crippen LogP contribution in [0.15, 0.2) is 23.2 Å². The average Bonchev–Trinajstić information content (AvgIpc) is 2.66. The molecule has 0 aromatic heterocycles. The van der Waals surface area contributed by atoms with E-state index in [4.69, 9.17) is 5.21 Å². The zero-order valence-corrected chi connectivity index (χ0v) is 14.7. The molecule has 2 aliphatic rings. The first-order valence-corrected chi connectivity index (χ1v) is 9.11. The second-order valence-corrected chi connectivity index (χ2v) is 6.90. The van der Waals surface area contributed by atoms with Crippen molar-refractivity contribution in [1.29, 1.82) is 0 Å². The maximum absolute atomic E-state index is 13.5. The minimum atomic E-state index is -4.45. The van der Waals surface area contributed by atoms with E-state index in [1.165, 1.54) is 44.2 Å². The van der Waals surface area contributed by atoms with Gasteiger partial charge in [-0.3, -0.25) is 15.6 Å². The molecule has 2 N–H and O–H groups in total. The standard InChI is InChI=1S/C18H25F3N4O/c19-18(20,21)16-12-14(22-13-23-26)6-7-17(16)25-10-8-24(9-11-25)15-4-2-1-3-5-15/h6-7,12-13,15,26H,1-5,8-11H2,(H,22,23). The number of hydroxylamine groups is 1. The molecule has 144 valence electrons. The molecule has 1 heterocycles. The quantitative estimate of drug-likeness (QED) is 0.481. The van der Waals surface area contributed by atoms with E-state index in [0.717, 1.165) is 25.5 Å². The normalized spacial score (nSPS) is 20.7. The number of benzene rings is 1. The third-order valence-corrected chi connectivity index (χ3v) is 5.30. The molecule has 0 amide bonds. The van der Waals surface area contributed by atoms with Crippen molar-refractivity contribution in [3.05, 3.63) is 23.8 Å². The molecule has 26 heavy (non-hydrogen) atoms. The fraction of sp³-hybridized carbons (Fsp3) is 0.611. The molecule has 8 heteroatoms. The van der Waals surface area contributed by atoms with Crippen LogP contribution >= 0.6 is 0 Å². The first kappa shape index (κ1) is 19.0. The summed E-state index contributed by atoms with van der Waals surface area (Å²) in [6.07, 6.45) is 2.72. The number of alkyl halides is 3. The van der Waals surface area contributed by atoms with E-state index in [-0.39, 0.29) is 11.4 Å². The Morgan fingerprint density at radius 3 is 2.38 bits per heavy atom. The van der Waals surface area contributed by atoms with Gasteiger partial charge in [0.2, 0.25) is 0 Å². The lowest BCUT2D eigenvalue weighted by atomic mass is 9.94. The van der Waals surface area contributed by atoms with E-state index in [1.54, 1.807) is 5.48 Å². The SMILES string of the molecule is ONC=Nc1ccc(N2CCN(C3CCCCC3)CC2)c(C(F)(F)F)c1. The summed E-state index contributed by atoms with van der Waals surface area (Å²) in [6, 6.07) is 4.63. The summed E-state index contributed by atoms with van der Waals surface area (Å²) < 4.78 is 40.6. The van der Waals surface area contributed by atoms with Crippen molar-refractivity contribution < 1.29 is 18.4 Å². The van der Waals surface area contributed by atoms with Crippen LogP contribution in [0.25, 0.3) is 0 Å². The number of hydrogen-bond acceptors (Lipinski definition) is 4. The van der Waals surface area contributed by atoms with E-state index < -0.39 is 11.7 Å². The predicted molar refractivity (Wildman–Crippen MR) is 95.2 cm³/mol. The Labute approximate surface area is 151 Å². The van der Waals surface area contributed by atoms with Gasteiger partial charge in [-0.1, -0.05) is 19.3 Å². The number of anilines is 1. The number of nitrogens with zero attached hydrogens (tertiary/aromatic N) is 3. The number of nitrogens with one attached hydrogen (secondary N) is 1. The Morgan fingerprint density at radius 1 is 1.08 bits per heavy atom. The van der Waals surface area contributed by atoms with Crippen molar-refractivity contribution in [1.82, 2.24) is 10.4 Å². The Hall–Kier alpha value is -1.80. The Bertz CT molecular complexity index is 621. The van der Waals surface area contributed by atoms with Crippen LogP contribution in [0.1, 0.15) is 37.7 Å². The molecule has 3 rings (SSSR count). The molecule has 0 spiro atoms. The third-order valence-electron chi connectivity index (χ3n) is 5.30. The van der Waals surface area contributed by atoms with Crippen LogP contribution in [0.2, 0.25) is 0 Å². The summed E-state index contributed by atoms with van der Waals surface area (Å²) in [6.45, 7) is 2.80. The van der Waals surface area contributed by atoms with Crippen LogP contribution in [0.5, 0.6) is 0 Å². The lowest BCUT2D eigenvalue weighted by Crippen LogP contribution is -2.51. The van der Waals surface area contributed by atoms with Crippen LogP contribution in [-0.4, -0.2) is 48.7 Å². The van der Waals surface area contributed by atoms with E-state index in [2.05, 4.69) is 9.89 Å². The number of rotatable bonds is 4. The van der Waals surface area contributed by atoms with E-state index in [1.807, 2.05) is 4.90 Å². The molecule has 1 aromatic rings. The molecular weight excluding hydrogens is 345 g/mol. The first-order chi connectivity index (χ1) is 12.5. The van der Waals surface area contributed by atoms with Crippen molar-refractivity contribution in [3.63, 3.8) is 0 Å². The third kappa shape index (κ3) is 4.48. The Balaban J connectivity index is 1.73. The molecule has 1 aliphatic heterocycles. The summed E-state index contributed by atoms with van der Waals surface area (Å²) in [5, 5.41) is 8.51. The second kappa shape index (κ2) is 8.26. The second-order valence-electron chi connectivity index (χ2n) is 6.90. The van der Waals surface area contributed by atoms with Crippen LogP contribution in [0.3, 0.4) is 0 Å². The van der Waals surface area contributed by atoms with Gasteiger partial charge < -0.3 is 4.90 Å². The van der Waals surface area contributed by atoms with Gasteiger partial charge in [-0.2, -0.15) is 13.2 Å². The number of piperazine rings is 1. The fourth-order valence-corrected chi connectivity index (χ4v) is 3.98. The molecule has 1 aromatic carbocycles. The van der Waals surface area contributed by atoms with Gasteiger partial charge in [0.05, 0.1) is 11.3 Å². The monoisotopic (exact) mass is 370 g/mol. The predicted octanol–water partition coefficient (Wildman–Crippen LogP) is 3.80. The minimum absolute atomic E-state index is 0.142. The van der Waals surface area contributed by atoms with Crippen molar-refractivity contribution in [2.45, 2.75) is 44.3 Å². The van der Waals surface area contributed by atoms with Gasteiger partial charge >= 0.3 is 6.18 Å². The number of hydrogen-bond donors (Lipinski definition) is 2. The van der Waals surface area contributed by atoms with E-state index in [0.29, 0.717) is 19.1 Å². The fourth-order valence-electron chi connectivity index (χ4n) is 3.98. The summed E-state index contributed by atoms with van der Waals surface area (Å²) in [5.41, 5.74) is 1.36. The van der Waals surface area contributed by atoms with Gasteiger partial charge in [-0.25, -0.2) is 4.99 Å². The summed E-state index contributed by atoms with van der Waals surface area (Å²) >= 11 is 0. The molecular formula is C18H25F3N4O. The zero-order chi connectivity index (χ0) is 18.6. The van der Waals surface area contributed by atoms with Gasteiger partial charge in [-0.15, -0.1) is 0 Å². The molecule has 1 saturated heterocycles. The minimum Gasteiger partial charge on any atom is -0.368 e. The molecule has 1 saturated carbocycles. The van der Waals surface area contributed by atoms with E-state index in [9.17, 15) is 13.2 Å². The molecule has 0 atom stereocenters. The van der Waals surface area contributed by atoms with Crippen LogP contribution in [0.4, 0.5) is 24.5 Å². The first-order valence-electron chi connectivity index (χ1n) is 9.11. The van der Waals surface area contributed by atoms with Crippen LogP contribution in [-0.2, 0) is 6.18 Å². The van der Waals surface area contributed by atoms with Crippen molar-refractivity contribution in [3.8, 4) is 0 Å². The molecule has 1 aliphatic carbocycles. The highest BCUT2D eigenvalue weighted by molar-refractivity contribution is 5.65. The lowest BCUT2D eigenvalue weighted by Gasteiger charge is -2.42. The lowest BCUT2D eigenvalue weighted by molar-refractivity contribution is -0.137. The maximum atomic E-state index is 13.5. The summed E-state index contributed by atoms with van der Waals surface area (Å²) in [5.74, 6) is 0. The highest BCUT2D eigenvalue weighted by Crippen LogP contribution is 2.39. The van der Waals surface area contributed by atoms with Gasteiger partial charge in [-0.05, 0) is 31.0 Å². The van der Waals surface area contributed by atoms with E-state index >= 15 is 0 Å². The maximum Gasteiger partial charge on any atom is 0.418 e. The van der Waals surface area contributed by atoms with Gasteiger partial charge in [0.15, 0.2) is 0 Å². The van der Waals surface area contributed by atoms with Gasteiger partial charge in [0.1, 0.15) is 6.34 Å². The highest BCUT2D eigenvalue weighted by atomic mass is 19.4. The molecule has 0 radical (unpaired) electrons. The number of halogens is 3.